The van der Waals surface area contributed by atoms with Gasteiger partial charge < -0.3 is 14.5 Å². The number of carbonyl (C=O) groups excluding carboxylic acids is 2. The minimum absolute atomic E-state index is 0.0253. The molecule has 1 aliphatic rings. The number of rotatable bonds is 8. The Balaban J connectivity index is 1.43. The highest BCUT2D eigenvalue weighted by molar-refractivity contribution is 7.13. The summed E-state index contributed by atoms with van der Waals surface area (Å²) in [4.78, 5) is 33.3. The zero-order valence-corrected chi connectivity index (χ0v) is 19.9. The standard InChI is InChI=1S/C25H29N3O4S/c1-15(2)24(22-10-16(3)27-32-22)25(31)28-13-19(29)11-20(28)21(30)9-6-17-4-7-18(8-5-17)23-12-26-14-33-23/h4-5,7-8,10,12,14-15,19-20,24,29H,6,9,11,13H2,1-3H3/t19-,20+,24-/m1/s1. The molecule has 0 spiro atoms. The van der Waals surface area contributed by atoms with Gasteiger partial charge in [-0.2, -0.15) is 0 Å². The van der Waals surface area contributed by atoms with Gasteiger partial charge in [0.25, 0.3) is 0 Å². The van der Waals surface area contributed by atoms with Gasteiger partial charge in [-0.05, 0) is 30.4 Å². The van der Waals surface area contributed by atoms with Gasteiger partial charge in [-0.15, -0.1) is 11.3 Å². The third kappa shape index (κ3) is 5.23. The van der Waals surface area contributed by atoms with Crippen LogP contribution in [-0.2, 0) is 16.0 Å². The van der Waals surface area contributed by atoms with E-state index in [4.69, 9.17) is 4.52 Å². The molecule has 1 amide bonds. The van der Waals surface area contributed by atoms with E-state index in [0.717, 1.165) is 16.0 Å². The Labute approximate surface area is 197 Å². The summed E-state index contributed by atoms with van der Waals surface area (Å²) in [5.41, 5.74) is 4.67. The first-order valence-electron chi connectivity index (χ1n) is 11.3. The lowest BCUT2D eigenvalue weighted by Gasteiger charge is -2.28. The van der Waals surface area contributed by atoms with Gasteiger partial charge in [0.1, 0.15) is 11.7 Å². The second-order valence-electron chi connectivity index (χ2n) is 9.02. The highest BCUT2D eigenvalue weighted by atomic mass is 32.1. The molecule has 2 aromatic heterocycles. The fraction of sp³-hybridized carbons (Fsp3) is 0.440. The normalized spacial score (nSPS) is 19.2. The third-order valence-corrected chi connectivity index (χ3v) is 6.97. The molecule has 1 aromatic carbocycles. The molecule has 1 saturated heterocycles. The summed E-state index contributed by atoms with van der Waals surface area (Å²) in [7, 11) is 0. The monoisotopic (exact) mass is 467 g/mol. The summed E-state index contributed by atoms with van der Waals surface area (Å²) in [6.07, 6.45) is 2.31. The van der Waals surface area contributed by atoms with Gasteiger partial charge >= 0.3 is 0 Å². The van der Waals surface area contributed by atoms with Gasteiger partial charge in [0.15, 0.2) is 5.78 Å². The van der Waals surface area contributed by atoms with Crippen LogP contribution in [-0.4, -0.2) is 50.5 Å². The highest BCUT2D eigenvalue weighted by Crippen LogP contribution is 2.32. The molecule has 3 heterocycles. The van der Waals surface area contributed by atoms with Crippen LogP contribution in [0, 0.1) is 12.8 Å². The van der Waals surface area contributed by atoms with Crippen molar-refractivity contribution < 1.29 is 19.2 Å². The molecule has 4 rings (SSSR count). The smallest absolute Gasteiger partial charge is 0.234 e. The SMILES string of the molecule is Cc1cc([C@H](C(=O)N2C[C@H](O)C[C@H]2C(=O)CCc2ccc(-c3cncs3)cc2)C(C)C)on1. The van der Waals surface area contributed by atoms with Gasteiger partial charge in [0.05, 0.1) is 28.2 Å². The van der Waals surface area contributed by atoms with E-state index in [1.807, 2.05) is 51.2 Å². The number of aliphatic hydroxyl groups excluding tert-OH is 1. The number of ketones is 1. The Kier molecular flexibility index (Phi) is 7.05. The van der Waals surface area contributed by atoms with Crippen molar-refractivity contribution in [3.05, 3.63) is 59.1 Å². The van der Waals surface area contributed by atoms with Crippen molar-refractivity contribution in [2.45, 2.75) is 58.1 Å². The Morgan fingerprint density at radius 2 is 2.03 bits per heavy atom. The molecular weight excluding hydrogens is 438 g/mol. The van der Waals surface area contributed by atoms with Crippen LogP contribution in [0.25, 0.3) is 10.4 Å². The third-order valence-electron chi connectivity index (χ3n) is 6.15. The molecule has 33 heavy (non-hydrogen) atoms. The van der Waals surface area contributed by atoms with Crippen LogP contribution in [0.5, 0.6) is 0 Å². The lowest BCUT2D eigenvalue weighted by Crippen LogP contribution is -2.44. The molecule has 0 bridgehead atoms. The number of aryl methyl sites for hydroxylation is 2. The summed E-state index contributed by atoms with van der Waals surface area (Å²) >= 11 is 1.59. The zero-order valence-electron chi connectivity index (χ0n) is 19.1. The average Bonchev–Trinajstić information content (AvgIpc) is 3.54. The highest BCUT2D eigenvalue weighted by Gasteiger charge is 2.42. The van der Waals surface area contributed by atoms with E-state index in [9.17, 15) is 14.7 Å². The van der Waals surface area contributed by atoms with Crippen LogP contribution in [0.15, 0.2) is 46.6 Å². The molecule has 0 saturated carbocycles. The molecular formula is C25H29N3O4S. The fourth-order valence-corrected chi connectivity index (χ4v) is 5.06. The van der Waals surface area contributed by atoms with E-state index in [1.54, 1.807) is 27.8 Å². The molecule has 174 valence electrons. The molecule has 0 radical (unpaired) electrons. The molecule has 1 aliphatic heterocycles. The van der Waals surface area contributed by atoms with Crippen LogP contribution in [0.4, 0.5) is 0 Å². The van der Waals surface area contributed by atoms with Gasteiger partial charge in [-0.3, -0.25) is 14.6 Å². The number of aromatic nitrogens is 2. The predicted octanol–water partition coefficient (Wildman–Crippen LogP) is 4.01. The lowest BCUT2D eigenvalue weighted by atomic mass is 9.91. The van der Waals surface area contributed by atoms with E-state index in [2.05, 4.69) is 10.1 Å². The quantitative estimate of drug-likeness (QED) is 0.538. The average molecular weight is 468 g/mol. The van der Waals surface area contributed by atoms with Crippen molar-refractivity contribution in [2.24, 2.45) is 5.92 Å². The van der Waals surface area contributed by atoms with Crippen molar-refractivity contribution >= 4 is 23.0 Å². The second-order valence-corrected chi connectivity index (χ2v) is 9.90. The Bertz CT molecular complexity index is 1090. The fourth-order valence-electron chi connectivity index (χ4n) is 4.43. The first kappa shape index (κ1) is 23.3. The molecule has 7 nitrogen and oxygen atoms in total. The molecule has 1 fully saturated rings. The van der Waals surface area contributed by atoms with Gasteiger partial charge in [-0.1, -0.05) is 43.3 Å². The minimum atomic E-state index is -0.703. The van der Waals surface area contributed by atoms with Crippen LogP contribution >= 0.6 is 11.3 Å². The lowest BCUT2D eigenvalue weighted by molar-refractivity contribution is -0.140. The summed E-state index contributed by atoms with van der Waals surface area (Å²) in [6.45, 7) is 5.86. The topological polar surface area (TPSA) is 96.5 Å². The molecule has 8 heteroatoms. The molecule has 0 aliphatic carbocycles. The van der Waals surface area contributed by atoms with Crippen LogP contribution < -0.4 is 0 Å². The molecule has 3 atom stereocenters. The van der Waals surface area contributed by atoms with Gasteiger partial charge in [0, 0.05) is 31.6 Å². The number of aliphatic hydroxyl groups is 1. The summed E-state index contributed by atoms with van der Waals surface area (Å²) in [6, 6.07) is 9.27. The zero-order chi connectivity index (χ0) is 23.5. The Morgan fingerprint density at radius 1 is 1.27 bits per heavy atom. The van der Waals surface area contributed by atoms with Crippen LogP contribution in [0.3, 0.4) is 0 Å². The number of likely N-dealkylation sites (tertiary alicyclic amines) is 1. The van der Waals surface area contributed by atoms with E-state index < -0.39 is 18.1 Å². The van der Waals surface area contributed by atoms with Crippen molar-refractivity contribution in [3.63, 3.8) is 0 Å². The number of amides is 1. The maximum atomic E-state index is 13.5. The number of Topliss-reactive ketones (excluding diaryl/α,β-unsaturated/α-hetero) is 1. The number of nitrogens with zero attached hydrogens (tertiary/aromatic N) is 3. The number of β-amino-alcohol motifs (C(OH)–C–C–N with tert-alkyl or cyclic N) is 1. The second kappa shape index (κ2) is 9.97. The van der Waals surface area contributed by atoms with Crippen molar-refractivity contribution in [3.8, 4) is 10.4 Å². The maximum Gasteiger partial charge on any atom is 0.234 e. The first-order chi connectivity index (χ1) is 15.8. The number of benzene rings is 1. The molecule has 1 N–H and O–H groups in total. The van der Waals surface area contributed by atoms with Crippen molar-refractivity contribution in [2.75, 3.05) is 6.54 Å². The molecule has 0 unspecified atom stereocenters. The van der Waals surface area contributed by atoms with Gasteiger partial charge in [-0.25, -0.2) is 0 Å². The Morgan fingerprint density at radius 3 is 2.64 bits per heavy atom. The first-order valence-corrected chi connectivity index (χ1v) is 12.1. The van der Waals surface area contributed by atoms with Crippen LogP contribution in [0.1, 0.15) is 49.6 Å². The number of hydrogen-bond acceptors (Lipinski definition) is 7. The van der Waals surface area contributed by atoms with Crippen molar-refractivity contribution in [1.29, 1.82) is 0 Å². The van der Waals surface area contributed by atoms with Crippen molar-refractivity contribution in [1.82, 2.24) is 15.0 Å². The largest absolute Gasteiger partial charge is 0.391 e. The Hall–Kier alpha value is -2.84. The van der Waals surface area contributed by atoms with E-state index in [0.29, 0.717) is 24.3 Å². The minimum Gasteiger partial charge on any atom is -0.391 e. The van der Waals surface area contributed by atoms with Gasteiger partial charge in [0.2, 0.25) is 5.91 Å². The maximum absolute atomic E-state index is 13.5. The van der Waals surface area contributed by atoms with E-state index in [1.165, 1.54) is 0 Å². The molecule has 3 aromatic rings. The number of carbonyl (C=O) groups is 2. The summed E-state index contributed by atoms with van der Waals surface area (Å²) < 4.78 is 5.38. The number of hydrogen-bond donors (Lipinski definition) is 1. The summed E-state index contributed by atoms with van der Waals surface area (Å²) in [5.74, 6) is -0.282. The predicted molar refractivity (Wildman–Crippen MR) is 126 cm³/mol. The summed E-state index contributed by atoms with van der Waals surface area (Å²) in [5, 5.41) is 14.2. The number of thiazole rings is 1. The van der Waals surface area contributed by atoms with E-state index in [-0.39, 0.29) is 30.6 Å². The van der Waals surface area contributed by atoms with Crippen LogP contribution in [0.2, 0.25) is 0 Å². The van der Waals surface area contributed by atoms with E-state index >= 15 is 0 Å².